The van der Waals surface area contributed by atoms with Crippen LogP contribution in [0.3, 0.4) is 0 Å². The zero-order valence-corrected chi connectivity index (χ0v) is 23.4. The van der Waals surface area contributed by atoms with Crippen LogP contribution in [0.1, 0.15) is 22.3 Å². The lowest BCUT2D eigenvalue weighted by Gasteiger charge is -2.45. The molecule has 1 aliphatic rings. The van der Waals surface area contributed by atoms with Crippen LogP contribution in [0.2, 0.25) is 0 Å². The average molecular weight is 555 g/mol. The summed E-state index contributed by atoms with van der Waals surface area (Å²) in [6, 6.07) is 40.4. The summed E-state index contributed by atoms with van der Waals surface area (Å²) in [5.41, 5.74) is 4.27. The van der Waals surface area contributed by atoms with E-state index in [0.717, 1.165) is 22.3 Å². The molecule has 5 atom stereocenters. The Balaban J connectivity index is 1.38. The van der Waals surface area contributed by atoms with Gasteiger partial charge in [-0.1, -0.05) is 121 Å². The van der Waals surface area contributed by atoms with Gasteiger partial charge >= 0.3 is 0 Å². The molecule has 0 aromatic heterocycles. The number of ether oxygens (including phenoxy) is 6. The molecule has 0 radical (unpaired) electrons. The summed E-state index contributed by atoms with van der Waals surface area (Å²) in [4.78, 5) is 0. The van der Waals surface area contributed by atoms with E-state index in [1.54, 1.807) is 7.11 Å². The number of methoxy groups -OCH3 is 1. The van der Waals surface area contributed by atoms with Gasteiger partial charge < -0.3 is 28.4 Å². The van der Waals surface area contributed by atoms with Crippen molar-refractivity contribution in [3.63, 3.8) is 0 Å². The molecule has 0 bridgehead atoms. The summed E-state index contributed by atoms with van der Waals surface area (Å²) in [6.45, 7) is 1.97. The Morgan fingerprint density at radius 1 is 0.488 bits per heavy atom. The van der Waals surface area contributed by atoms with E-state index in [-0.39, 0.29) is 0 Å². The first-order valence-corrected chi connectivity index (χ1v) is 14.1. The Kier molecular flexibility index (Phi) is 11.1. The van der Waals surface area contributed by atoms with Crippen molar-refractivity contribution in [2.75, 3.05) is 13.7 Å². The van der Waals surface area contributed by atoms with Crippen LogP contribution in [0, 0.1) is 0 Å². The molecule has 0 amide bonds. The van der Waals surface area contributed by atoms with Gasteiger partial charge in [0.2, 0.25) is 0 Å². The molecular formula is C35H38O6. The summed E-state index contributed by atoms with van der Waals surface area (Å²) in [7, 11) is 1.63. The molecule has 1 fully saturated rings. The second kappa shape index (κ2) is 15.6. The van der Waals surface area contributed by atoms with Crippen molar-refractivity contribution in [2.45, 2.75) is 57.1 Å². The number of hydrogen-bond donors (Lipinski definition) is 0. The largest absolute Gasteiger partial charge is 0.374 e. The van der Waals surface area contributed by atoms with Crippen molar-refractivity contribution < 1.29 is 28.4 Å². The van der Waals surface area contributed by atoms with Gasteiger partial charge in [-0.2, -0.15) is 0 Å². The molecule has 6 heteroatoms. The summed E-state index contributed by atoms with van der Waals surface area (Å²) in [5.74, 6) is 0. The van der Waals surface area contributed by atoms with Gasteiger partial charge in [-0.15, -0.1) is 0 Å². The molecule has 0 aliphatic carbocycles. The first-order chi connectivity index (χ1) is 20.3. The van der Waals surface area contributed by atoms with Gasteiger partial charge in [0.1, 0.15) is 24.4 Å². The van der Waals surface area contributed by atoms with E-state index in [9.17, 15) is 0 Å². The van der Waals surface area contributed by atoms with Crippen LogP contribution < -0.4 is 0 Å². The predicted octanol–water partition coefficient (Wildman–Crippen LogP) is 6.33. The highest BCUT2D eigenvalue weighted by Gasteiger charge is 2.48. The molecule has 0 spiro atoms. The lowest BCUT2D eigenvalue weighted by molar-refractivity contribution is -0.323. The molecule has 1 aliphatic heterocycles. The van der Waals surface area contributed by atoms with Crippen molar-refractivity contribution in [3.05, 3.63) is 144 Å². The van der Waals surface area contributed by atoms with Crippen LogP contribution in [0.5, 0.6) is 0 Å². The molecule has 0 N–H and O–H groups in total. The molecular weight excluding hydrogens is 516 g/mol. The molecule has 1 saturated heterocycles. The van der Waals surface area contributed by atoms with E-state index in [1.165, 1.54) is 0 Å². The zero-order chi connectivity index (χ0) is 28.1. The minimum absolute atomic E-state index is 0.310. The van der Waals surface area contributed by atoms with Gasteiger partial charge in [-0.3, -0.25) is 0 Å². The topological polar surface area (TPSA) is 55.4 Å². The summed E-state index contributed by atoms with van der Waals surface area (Å²) < 4.78 is 38.2. The smallest absolute Gasteiger partial charge is 0.186 e. The minimum Gasteiger partial charge on any atom is -0.374 e. The molecule has 0 saturated carbocycles. The SMILES string of the molecule is CO[C@H]1O[C@H](COCc2ccccc2)[C@@H](OCc2ccccc2)[C@@H](OCc2ccccc2)[C@@H]1OCc1ccccc1. The molecule has 41 heavy (non-hydrogen) atoms. The third-order valence-electron chi connectivity index (χ3n) is 7.07. The number of benzene rings is 4. The highest BCUT2D eigenvalue weighted by Crippen LogP contribution is 2.31. The first kappa shape index (κ1) is 29.1. The van der Waals surface area contributed by atoms with Crippen molar-refractivity contribution in [3.8, 4) is 0 Å². The lowest BCUT2D eigenvalue weighted by Crippen LogP contribution is -2.61. The van der Waals surface area contributed by atoms with Gasteiger partial charge in [0.05, 0.1) is 33.0 Å². The fourth-order valence-electron chi connectivity index (χ4n) is 4.94. The first-order valence-electron chi connectivity index (χ1n) is 14.1. The van der Waals surface area contributed by atoms with Gasteiger partial charge in [0.25, 0.3) is 0 Å². The summed E-state index contributed by atoms with van der Waals surface area (Å²) >= 11 is 0. The van der Waals surface area contributed by atoms with Gasteiger partial charge in [0.15, 0.2) is 6.29 Å². The maximum absolute atomic E-state index is 6.63. The molecule has 4 aromatic rings. The minimum atomic E-state index is -0.665. The van der Waals surface area contributed by atoms with Crippen LogP contribution in [0.4, 0.5) is 0 Å². The second-order valence-corrected chi connectivity index (χ2v) is 10.1. The van der Waals surface area contributed by atoms with Crippen LogP contribution in [0.25, 0.3) is 0 Å². The fourth-order valence-corrected chi connectivity index (χ4v) is 4.94. The molecule has 6 nitrogen and oxygen atoms in total. The third-order valence-corrected chi connectivity index (χ3v) is 7.07. The van der Waals surface area contributed by atoms with E-state index in [0.29, 0.717) is 33.0 Å². The standard InChI is InChI=1S/C35H38O6/c1-36-35-34(40-25-30-20-12-5-13-21-30)33(39-24-29-18-10-4-11-19-29)32(38-23-28-16-8-3-9-17-28)31(41-35)26-37-22-27-14-6-2-7-15-27/h2-21,31-35H,22-26H2,1H3/t31-,32-,33-,34+,35+/m1/s1. The van der Waals surface area contributed by atoms with Crippen LogP contribution >= 0.6 is 0 Å². The summed E-state index contributed by atoms with van der Waals surface area (Å²) in [6.07, 6.45) is -2.59. The van der Waals surface area contributed by atoms with Gasteiger partial charge in [-0.05, 0) is 22.3 Å². The van der Waals surface area contributed by atoms with E-state index in [2.05, 4.69) is 0 Å². The van der Waals surface area contributed by atoms with Crippen LogP contribution in [0.15, 0.2) is 121 Å². The van der Waals surface area contributed by atoms with Crippen molar-refractivity contribution in [1.82, 2.24) is 0 Å². The van der Waals surface area contributed by atoms with E-state index in [4.69, 9.17) is 28.4 Å². The molecule has 4 aromatic carbocycles. The molecule has 5 rings (SSSR count). The Labute approximate surface area is 242 Å². The number of rotatable bonds is 14. The maximum Gasteiger partial charge on any atom is 0.186 e. The van der Waals surface area contributed by atoms with E-state index in [1.807, 2.05) is 121 Å². The number of hydrogen-bond acceptors (Lipinski definition) is 6. The van der Waals surface area contributed by atoms with Crippen molar-refractivity contribution in [2.24, 2.45) is 0 Å². The maximum atomic E-state index is 6.63. The third kappa shape index (κ3) is 8.57. The molecule has 1 heterocycles. The fraction of sp³-hybridized carbons (Fsp3) is 0.314. The zero-order valence-electron chi connectivity index (χ0n) is 23.4. The lowest BCUT2D eigenvalue weighted by atomic mass is 9.97. The Hall–Kier alpha value is -3.36. The van der Waals surface area contributed by atoms with Gasteiger partial charge in [-0.25, -0.2) is 0 Å². The van der Waals surface area contributed by atoms with Crippen LogP contribution in [-0.4, -0.2) is 44.4 Å². The second-order valence-electron chi connectivity index (χ2n) is 10.1. The average Bonchev–Trinajstić information content (AvgIpc) is 3.04. The Morgan fingerprint density at radius 2 is 0.878 bits per heavy atom. The van der Waals surface area contributed by atoms with Crippen molar-refractivity contribution >= 4 is 0 Å². The Bertz CT molecular complexity index is 1260. The Morgan fingerprint density at radius 3 is 1.32 bits per heavy atom. The molecule has 0 unspecified atom stereocenters. The van der Waals surface area contributed by atoms with Crippen molar-refractivity contribution in [1.29, 1.82) is 0 Å². The van der Waals surface area contributed by atoms with Crippen LogP contribution in [-0.2, 0) is 54.8 Å². The summed E-state index contributed by atoms with van der Waals surface area (Å²) in [5, 5.41) is 0. The van der Waals surface area contributed by atoms with Gasteiger partial charge in [0, 0.05) is 7.11 Å². The van der Waals surface area contributed by atoms with E-state index < -0.39 is 30.7 Å². The normalized spacial score (nSPS) is 22.4. The highest BCUT2D eigenvalue weighted by molar-refractivity contribution is 5.16. The highest BCUT2D eigenvalue weighted by atomic mass is 16.7. The predicted molar refractivity (Wildman–Crippen MR) is 157 cm³/mol. The molecule has 214 valence electrons. The quantitative estimate of drug-likeness (QED) is 0.182. The monoisotopic (exact) mass is 554 g/mol. The van der Waals surface area contributed by atoms with E-state index >= 15 is 0 Å².